The van der Waals surface area contributed by atoms with E-state index in [4.69, 9.17) is 14.2 Å². The van der Waals surface area contributed by atoms with Crippen LogP contribution in [-0.4, -0.2) is 47.9 Å². The molecule has 2 heterocycles. The minimum Gasteiger partial charge on any atom is -0.496 e. The topological polar surface area (TPSA) is 113 Å². The summed E-state index contributed by atoms with van der Waals surface area (Å²) in [5.74, 6) is -0.879. The zero-order valence-electron chi connectivity index (χ0n) is 19.4. The molecule has 2 aromatic heterocycles. The molecule has 3 aliphatic carbocycles. The van der Waals surface area contributed by atoms with Gasteiger partial charge in [-0.25, -0.2) is 4.39 Å². The second-order valence-corrected chi connectivity index (χ2v) is 10.0. The molecule has 0 unspecified atom stereocenters. The predicted octanol–water partition coefficient (Wildman–Crippen LogP) is 4.03. The van der Waals surface area contributed by atoms with Crippen LogP contribution in [0.2, 0.25) is 0 Å². The molecule has 182 valence electrons. The van der Waals surface area contributed by atoms with Crippen LogP contribution in [0.1, 0.15) is 35.3 Å². The van der Waals surface area contributed by atoms with E-state index in [-0.39, 0.29) is 33.1 Å². The summed E-state index contributed by atoms with van der Waals surface area (Å²) in [4.78, 5) is 29.1. The zero-order valence-corrected chi connectivity index (χ0v) is 20.2. The summed E-state index contributed by atoms with van der Waals surface area (Å²) in [6.45, 7) is 2.18. The Labute approximate surface area is 204 Å². The predicted molar refractivity (Wildman–Crippen MR) is 125 cm³/mol. The molecular formula is C24H23FN4O5S. The molecule has 9 nitrogen and oxygen atoms in total. The highest BCUT2D eigenvalue weighted by molar-refractivity contribution is 7.17. The molecule has 1 aromatic carbocycles. The van der Waals surface area contributed by atoms with Crippen molar-refractivity contribution in [2.24, 2.45) is 10.8 Å². The van der Waals surface area contributed by atoms with Crippen LogP contribution < -0.4 is 14.8 Å². The van der Waals surface area contributed by atoms with Crippen molar-refractivity contribution in [1.82, 2.24) is 15.2 Å². The second-order valence-electron chi connectivity index (χ2n) is 9.11. The number of methoxy groups -OCH3 is 2. The number of anilines is 1. The first-order valence-corrected chi connectivity index (χ1v) is 11.8. The molecule has 1 amide bonds. The molecule has 0 radical (unpaired) electrons. The third-order valence-corrected chi connectivity index (χ3v) is 7.39. The SMILES string of the molecule is COC(=O)C12CC(COc3nnc(NC(=O)c4cnc(C)cc4-c4c(F)cccc4OC)s3)(C1)C2. The van der Waals surface area contributed by atoms with Crippen molar-refractivity contribution in [2.45, 2.75) is 26.2 Å². The lowest BCUT2D eigenvalue weighted by Crippen LogP contribution is -2.67. The van der Waals surface area contributed by atoms with Gasteiger partial charge in [0.15, 0.2) is 0 Å². The molecule has 0 saturated heterocycles. The number of carbonyl (C=O) groups is 2. The zero-order chi connectivity index (χ0) is 24.8. The number of aromatic nitrogens is 3. The molecular weight excluding hydrogens is 475 g/mol. The number of carbonyl (C=O) groups excluding carboxylic acids is 2. The van der Waals surface area contributed by atoms with Crippen LogP contribution in [0.3, 0.4) is 0 Å². The fourth-order valence-electron chi connectivity index (χ4n) is 5.17. The smallest absolute Gasteiger partial charge is 0.311 e. The highest BCUT2D eigenvalue weighted by atomic mass is 32.1. The Morgan fingerprint density at radius 2 is 1.97 bits per heavy atom. The van der Waals surface area contributed by atoms with Gasteiger partial charge in [-0.3, -0.25) is 19.9 Å². The Morgan fingerprint density at radius 1 is 1.20 bits per heavy atom. The maximum atomic E-state index is 14.7. The van der Waals surface area contributed by atoms with E-state index < -0.39 is 11.7 Å². The van der Waals surface area contributed by atoms with E-state index in [0.29, 0.717) is 28.8 Å². The normalized spacial score (nSPS) is 21.9. The Balaban J connectivity index is 1.28. The number of pyridine rings is 1. The molecule has 3 fully saturated rings. The minimum atomic E-state index is -0.516. The molecule has 2 bridgehead atoms. The van der Waals surface area contributed by atoms with Crippen molar-refractivity contribution in [3.8, 4) is 22.1 Å². The second kappa shape index (κ2) is 8.56. The van der Waals surface area contributed by atoms with Crippen molar-refractivity contribution in [3.05, 3.63) is 47.5 Å². The van der Waals surface area contributed by atoms with Gasteiger partial charge in [-0.2, -0.15) is 0 Å². The first-order valence-electron chi connectivity index (χ1n) is 10.9. The maximum absolute atomic E-state index is 14.7. The minimum absolute atomic E-state index is 0.0233. The number of nitrogens with one attached hydrogen (secondary N) is 1. The van der Waals surface area contributed by atoms with Gasteiger partial charge in [0.05, 0.1) is 37.4 Å². The monoisotopic (exact) mass is 498 g/mol. The molecule has 0 aliphatic heterocycles. The molecule has 11 heteroatoms. The van der Waals surface area contributed by atoms with E-state index in [0.717, 1.165) is 30.6 Å². The Morgan fingerprint density at radius 3 is 2.69 bits per heavy atom. The molecule has 0 atom stereocenters. The summed E-state index contributed by atoms with van der Waals surface area (Å²) in [5.41, 5.74) is 0.961. The van der Waals surface area contributed by atoms with Crippen molar-refractivity contribution >= 4 is 28.3 Å². The van der Waals surface area contributed by atoms with Gasteiger partial charge >= 0.3 is 5.97 Å². The van der Waals surface area contributed by atoms with E-state index in [9.17, 15) is 14.0 Å². The number of amides is 1. The first kappa shape index (κ1) is 23.2. The van der Waals surface area contributed by atoms with Gasteiger partial charge in [0.1, 0.15) is 11.6 Å². The molecule has 3 aliphatic rings. The summed E-state index contributed by atoms with van der Waals surface area (Å²) in [5, 5.41) is 11.2. The molecule has 6 rings (SSSR count). The van der Waals surface area contributed by atoms with Crippen LogP contribution in [0.25, 0.3) is 11.1 Å². The highest BCUT2D eigenvalue weighted by Crippen LogP contribution is 2.73. The Hall–Kier alpha value is -3.60. The van der Waals surface area contributed by atoms with E-state index in [1.165, 1.54) is 32.5 Å². The number of esters is 1. The first-order chi connectivity index (χ1) is 16.8. The van der Waals surface area contributed by atoms with Crippen molar-refractivity contribution < 1.29 is 28.2 Å². The standard InChI is InChI=1S/C24H23FN4O5S/c1-13-7-14(18-16(25)5-4-6-17(18)32-2)15(8-26-13)19(30)27-21-28-29-22(35-21)34-12-23-9-24(10-23,11-23)20(31)33-3/h4-8H,9-12H2,1-3H3,(H,27,28,30). The number of halogens is 1. The summed E-state index contributed by atoms with van der Waals surface area (Å²) in [6, 6.07) is 6.11. The number of aryl methyl sites for hydroxylation is 1. The number of hydrogen-bond donors (Lipinski definition) is 1. The van der Waals surface area contributed by atoms with E-state index >= 15 is 0 Å². The van der Waals surface area contributed by atoms with Gasteiger partial charge in [0.2, 0.25) is 5.13 Å². The van der Waals surface area contributed by atoms with Gasteiger partial charge in [0, 0.05) is 22.9 Å². The average molecular weight is 499 g/mol. The van der Waals surface area contributed by atoms with Gasteiger partial charge in [-0.05, 0) is 55.7 Å². The van der Waals surface area contributed by atoms with Crippen LogP contribution in [0.4, 0.5) is 9.52 Å². The molecule has 0 spiro atoms. The highest BCUT2D eigenvalue weighted by Gasteiger charge is 2.72. The van der Waals surface area contributed by atoms with Crippen molar-refractivity contribution in [2.75, 3.05) is 26.1 Å². The van der Waals surface area contributed by atoms with E-state index in [2.05, 4.69) is 20.5 Å². The fraction of sp³-hybridized carbons (Fsp3) is 0.375. The van der Waals surface area contributed by atoms with Gasteiger partial charge in [-0.15, -0.1) is 5.10 Å². The number of benzene rings is 1. The van der Waals surface area contributed by atoms with Crippen molar-refractivity contribution in [1.29, 1.82) is 0 Å². The molecule has 3 saturated carbocycles. The van der Waals surface area contributed by atoms with Crippen LogP contribution in [0.15, 0.2) is 30.5 Å². The van der Waals surface area contributed by atoms with E-state index in [1.807, 2.05) is 0 Å². The van der Waals surface area contributed by atoms with Gasteiger partial charge < -0.3 is 14.2 Å². The van der Waals surface area contributed by atoms with Crippen LogP contribution in [-0.2, 0) is 9.53 Å². The summed E-state index contributed by atoms with van der Waals surface area (Å²) >= 11 is 1.09. The van der Waals surface area contributed by atoms with Gasteiger partial charge in [0.25, 0.3) is 11.1 Å². The Kier molecular flexibility index (Phi) is 5.66. The molecule has 3 aromatic rings. The van der Waals surface area contributed by atoms with Crippen LogP contribution in [0, 0.1) is 23.6 Å². The summed E-state index contributed by atoms with van der Waals surface area (Å²) in [6.07, 6.45) is 3.64. The van der Waals surface area contributed by atoms with Crippen molar-refractivity contribution in [3.63, 3.8) is 0 Å². The lowest BCUT2D eigenvalue weighted by Gasteiger charge is -2.67. The number of ether oxygens (including phenoxy) is 3. The third-order valence-electron chi connectivity index (χ3n) is 6.64. The third kappa shape index (κ3) is 3.99. The number of nitrogens with zero attached hydrogens (tertiary/aromatic N) is 3. The molecule has 1 N–H and O–H groups in total. The lowest BCUT2D eigenvalue weighted by molar-refractivity contribution is -0.233. The maximum Gasteiger partial charge on any atom is 0.311 e. The fourth-order valence-corrected chi connectivity index (χ4v) is 5.76. The van der Waals surface area contributed by atoms with Gasteiger partial charge in [-0.1, -0.05) is 11.2 Å². The summed E-state index contributed by atoms with van der Waals surface area (Å²) in [7, 11) is 2.85. The number of rotatable bonds is 8. The average Bonchev–Trinajstić information content (AvgIpc) is 3.23. The summed E-state index contributed by atoms with van der Waals surface area (Å²) < 4.78 is 30.7. The quantitative estimate of drug-likeness (QED) is 0.463. The largest absolute Gasteiger partial charge is 0.496 e. The molecule has 35 heavy (non-hydrogen) atoms. The Bertz CT molecular complexity index is 1310. The van der Waals surface area contributed by atoms with E-state index in [1.54, 1.807) is 19.1 Å². The number of hydrogen-bond acceptors (Lipinski definition) is 9. The van der Waals surface area contributed by atoms with Crippen LogP contribution >= 0.6 is 11.3 Å². The lowest BCUT2D eigenvalue weighted by atomic mass is 9.35. The van der Waals surface area contributed by atoms with Crippen LogP contribution in [0.5, 0.6) is 10.9 Å².